The highest BCUT2D eigenvalue weighted by molar-refractivity contribution is 6.32. The van der Waals surface area contributed by atoms with Crippen LogP contribution in [-0.2, 0) is 5.12 Å². The first-order valence-electron chi connectivity index (χ1n) is 8.23. The SMILES string of the molecule is ClCN1CC(Cl)N(Cl)C1(Cl)c1ccccc1-c1ccc2ccccc2c1. The van der Waals surface area contributed by atoms with Gasteiger partial charge in [-0.05, 0) is 39.7 Å². The van der Waals surface area contributed by atoms with E-state index in [1.54, 1.807) is 0 Å². The van der Waals surface area contributed by atoms with Crippen molar-refractivity contribution in [3.63, 3.8) is 0 Å². The molecule has 2 unspecified atom stereocenters. The largest absolute Gasteiger partial charge is 0.251 e. The average molecular weight is 426 g/mol. The Hall–Kier alpha value is -1.00. The first-order valence-corrected chi connectivity index (χ1v) is 9.92. The Labute approximate surface area is 172 Å². The van der Waals surface area contributed by atoms with Crippen molar-refractivity contribution in [2.75, 3.05) is 12.5 Å². The Kier molecular flexibility index (Phi) is 5.08. The van der Waals surface area contributed by atoms with E-state index in [1.165, 1.54) is 15.2 Å². The van der Waals surface area contributed by atoms with Crippen LogP contribution in [0, 0.1) is 0 Å². The van der Waals surface area contributed by atoms with E-state index < -0.39 is 10.6 Å². The molecule has 0 radical (unpaired) electrons. The monoisotopic (exact) mass is 424 g/mol. The molecule has 0 saturated carbocycles. The number of nitrogens with zero attached hydrogens (tertiary/aromatic N) is 2. The summed E-state index contributed by atoms with van der Waals surface area (Å²) in [7, 11) is 0. The molecule has 2 nitrogen and oxygen atoms in total. The number of hydrogen-bond acceptors (Lipinski definition) is 2. The second-order valence-electron chi connectivity index (χ2n) is 6.28. The van der Waals surface area contributed by atoms with Crippen LogP contribution >= 0.6 is 46.6 Å². The molecule has 26 heavy (non-hydrogen) atoms. The molecule has 1 aliphatic heterocycles. The molecule has 1 heterocycles. The van der Waals surface area contributed by atoms with Crippen LogP contribution in [0.5, 0.6) is 0 Å². The minimum atomic E-state index is -1.11. The average Bonchev–Trinajstić information content (AvgIpc) is 2.92. The van der Waals surface area contributed by atoms with Gasteiger partial charge < -0.3 is 0 Å². The zero-order valence-corrected chi connectivity index (χ0v) is 16.8. The summed E-state index contributed by atoms with van der Waals surface area (Å²) in [4.78, 5) is 1.86. The summed E-state index contributed by atoms with van der Waals surface area (Å²) in [5, 5.41) is 1.25. The van der Waals surface area contributed by atoms with Crippen molar-refractivity contribution in [1.82, 2.24) is 9.32 Å². The van der Waals surface area contributed by atoms with Gasteiger partial charge in [0.05, 0.1) is 6.00 Å². The summed E-state index contributed by atoms with van der Waals surface area (Å²) >= 11 is 26.0. The maximum Gasteiger partial charge on any atom is 0.194 e. The van der Waals surface area contributed by atoms with E-state index in [4.69, 9.17) is 46.6 Å². The maximum absolute atomic E-state index is 7.03. The van der Waals surface area contributed by atoms with Crippen LogP contribution in [-0.4, -0.2) is 27.4 Å². The van der Waals surface area contributed by atoms with Crippen molar-refractivity contribution in [2.45, 2.75) is 10.6 Å². The lowest BCUT2D eigenvalue weighted by Crippen LogP contribution is -2.42. The first kappa shape index (κ1) is 18.4. The molecule has 0 amide bonds. The summed E-state index contributed by atoms with van der Waals surface area (Å²) in [5.74, 6) is 0. The molecule has 6 heteroatoms. The lowest BCUT2D eigenvalue weighted by Gasteiger charge is -2.36. The Morgan fingerprint density at radius 1 is 0.962 bits per heavy atom. The van der Waals surface area contributed by atoms with E-state index in [1.807, 2.05) is 41.3 Å². The van der Waals surface area contributed by atoms with Gasteiger partial charge in [-0.15, -0.1) is 23.2 Å². The van der Waals surface area contributed by atoms with Crippen LogP contribution in [0.3, 0.4) is 0 Å². The molecule has 0 aromatic heterocycles. The predicted octanol–water partition coefficient (Wildman–Crippen LogP) is 6.39. The van der Waals surface area contributed by atoms with Gasteiger partial charge in [-0.2, -0.15) is 4.42 Å². The van der Waals surface area contributed by atoms with Gasteiger partial charge >= 0.3 is 0 Å². The van der Waals surface area contributed by atoms with Crippen molar-refractivity contribution >= 4 is 57.4 Å². The van der Waals surface area contributed by atoms with Crippen LogP contribution in [0.1, 0.15) is 5.56 Å². The van der Waals surface area contributed by atoms with E-state index in [2.05, 4.69) is 30.3 Å². The van der Waals surface area contributed by atoms with Crippen LogP contribution < -0.4 is 0 Å². The van der Waals surface area contributed by atoms with E-state index in [0.29, 0.717) is 6.54 Å². The van der Waals surface area contributed by atoms with Crippen LogP contribution in [0.25, 0.3) is 21.9 Å². The molecule has 1 aliphatic rings. The van der Waals surface area contributed by atoms with Gasteiger partial charge in [0, 0.05) is 12.1 Å². The minimum Gasteiger partial charge on any atom is -0.251 e. The molecule has 3 aromatic carbocycles. The van der Waals surface area contributed by atoms with Gasteiger partial charge in [-0.3, -0.25) is 4.90 Å². The third-order valence-electron chi connectivity index (χ3n) is 4.79. The molecule has 1 saturated heterocycles. The van der Waals surface area contributed by atoms with Crippen molar-refractivity contribution < 1.29 is 0 Å². The van der Waals surface area contributed by atoms with Gasteiger partial charge in [0.2, 0.25) is 0 Å². The highest BCUT2D eigenvalue weighted by atomic mass is 35.5. The zero-order chi connectivity index (χ0) is 18.3. The van der Waals surface area contributed by atoms with Gasteiger partial charge in [-0.1, -0.05) is 72.3 Å². The Morgan fingerprint density at radius 2 is 1.65 bits per heavy atom. The molecule has 0 aliphatic carbocycles. The maximum atomic E-state index is 7.03. The Morgan fingerprint density at radius 3 is 2.42 bits per heavy atom. The third-order valence-corrected chi connectivity index (χ3v) is 6.71. The quantitative estimate of drug-likeness (QED) is 0.272. The molecule has 2 atom stereocenters. The van der Waals surface area contributed by atoms with E-state index in [-0.39, 0.29) is 6.00 Å². The fourth-order valence-electron chi connectivity index (χ4n) is 3.48. The van der Waals surface area contributed by atoms with Crippen LogP contribution in [0.4, 0.5) is 0 Å². The molecule has 1 fully saturated rings. The Bertz CT molecular complexity index is 948. The standard InChI is InChI=1S/C20H16Cl4N2/c21-13-25-12-19(22)26(24)20(25,23)18-8-4-3-7-17(18)16-10-9-14-5-1-2-6-15(14)11-16/h1-11,19H,12-13H2. The Balaban J connectivity index is 1.89. The molecular weight excluding hydrogens is 410 g/mol. The van der Waals surface area contributed by atoms with Crippen LogP contribution in [0.2, 0.25) is 0 Å². The second-order valence-corrected chi connectivity index (χ2v) is 7.92. The van der Waals surface area contributed by atoms with Crippen LogP contribution in [0.15, 0.2) is 66.7 Å². The topological polar surface area (TPSA) is 6.48 Å². The molecule has 3 aromatic rings. The highest BCUT2D eigenvalue weighted by Gasteiger charge is 2.52. The molecule has 4 rings (SSSR count). The number of fused-ring (bicyclic) bond motifs is 1. The van der Waals surface area contributed by atoms with E-state index in [9.17, 15) is 0 Å². The second kappa shape index (κ2) is 7.20. The number of hydrogen-bond donors (Lipinski definition) is 0. The molecule has 134 valence electrons. The summed E-state index contributed by atoms with van der Waals surface area (Å²) in [6.07, 6.45) is 0. The van der Waals surface area contributed by atoms with Gasteiger partial charge in [-0.25, -0.2) is 0 Å². The van der Waals surface area contributed by atoms with Gasteiger partial charge in [0.1, 0.15) is 5.50 Å². The molecular formula is C20H16Cl4N2. The number of halogens is 4. The van der Waals surface area contributed by atoms with Crippen molar-refractivity contribution in [3.8, 4) is 11.1 Å². The molecule has 0 bridgehead atoms. The predicted molar refractivity (Wildman–Crippen MR) is 112 cm³/mol. The van der Waals surface area contributed by atoms with E-state index in [0.717, 1.165) is 16.7 Å². The third kappa shape index (κ3) is 2.90. The fraction of sp³-hybridized carbons (Fsp3) is 0.200. The van der Waals surface area contributed by atoms with Crippen molar-refractivity contribution in [2.24, 2.45) is 0 Å². The molecule has 0 N–H and O–H groups in total. The van der Waals surface area contributed by atoms with Crippen molar-refractivity contribution in [1.29, 1.82) is 0 Å². The lowest BCUT2D eigenvalue weighted by atomic mass is 9.95. The molecule has 0 spiro atoms. The summed E-state index contributed by atoms with van der Waals surface area (Å²) in [5.41, 5.74) is 2.49. The van der Waals surface area contributed by atoms with E-state index >= 15 is 0 Å². The number of rotatable bonds is 3. The summed E-state index contributed by atoms with van der Waals surface area (Å²) < 4.78 is 1.44. The first-order chi connectivity index (χ1) is 12.6. The lowest BCUT2D eigenvalue weighted by molar-refractivity contribution is 0.177. The fourth-order valence-corrected chi connectivity index (χ4v) is 4.84. The van der Waals surface area contributed by atoms with Crippen molar-refractivity contribution in [3.05, 3.63) is 72.3 Å². The summed E-state index contributed by atoms with van der Waals surface area (Å²) in [6.45, 7) is 0.476. The number of benzene rings is 3. The smallest absolute Gasteiger partial charge is 0.194 e. The minimum absolute atomic E-state index is 0.224. The zero-order valence-electron chi connectivity index (χ0n) is 13.7. The van der Waals surface area contributed by atoms with Gasteiger partial charge in [0.25, 0.3) is 0 Å². The van der Waals surface area contributed by atoms with Gasteiger partial charge in [0.15, 0.2) is 5.12 Å². The highest BCUT2D eigenvalue weighted by Crippen LogP contribution is 2.49. The normalized spacial score (nSPS) is 24.4. The summed E-state index contributed by atoms with van der Waals surface area (Å²) in [6, 6.07) is 22.8. The number of alkyl halides is 3.